The molecule has 0 aliphatic carbocycles. The van der Waals surface area contributed by atoms with Crippen molar-refractivity contribution < 1.29 is 13.5 Å². The molecule has 7 heteroatoms. The van der Waals surface area contributed by atoms with E-state index in [9.17, 15) is 13.5 Å². The predicted octanol–water partition coefficient (Wildman–Crippen LogP) is 3.42. The first kappa shape index (κ1) is 15.5. The van der Waals surface area contributed by atoms with E-state index in [-0.39, 0.29) is 11.5 Å². The molecule has 4 nitrogen and oxygen atoms in total. The average molecular weight is 376 g/mol. The molecule has 0 saturated heterocycles. The number of sulfonamides is 1. The third-order valence-electron chi connectivity index (χ3n) is 2.84. The Hall–Kier alpha value is -0.890. The van der Waals surface area contributed by atoms with Crippen LogP contribution in [0.3, 0.4) is 0 Å². The predicted molar refractivity (Wildman–Crippen MR) is 84.7 cm³/mol. The van der Waals surface area contributed by atoms with E-state index < -0.39 is 10.0 Å². The molecule has 0 bridgehead atoms. The van der Waals surface area contributed by atoms with Crippen molar-refractivity contribution >= 4 is 43.0 Å². The van der Waals surface area contributed by atoms with Gasteiger partial charge in [0.1, 0.15) is 4.90 Å². The van der Waals surface area contributed by atoms with Gasteiger partial charge in [0, 0.05) is 4.47 Å². The Labute approximate surface area is 130 Å². The quantitative estimate of drug-likeness (QED) is 0.859. The summed E-state index contributed by atoms with van der Waals surface area (Å²) in [4.78, 5) is 0.609. The largest absolute Gasteiger partial charge is 0.391 e. The second-order valence-corrected chi connectivity index (χ2v) is 7.75. The van der Waals surface area contributed by atoms with E-state index in [0.29, 0.717) is 20.6 Å². The second kappa shape index (κ2) is 5.85. The summed E-state index contributed by atoms with van der Waals surface area (Å²) in [7, 11) is -3.71. The van der Waals surface area contributed by atoms with Crippen molar-refractivity contribution in [3.63, 3.8) is 0 Å². The highest BCUT2D eigenvalue weighted by Crippen LogP contribution is 2.31. The molecule has 0 radical (unpaired) electrons. The molecule has 1 heterocycles. The van der Waals surface area contributed by atoms with Crippen molar-refractivity contribution in [2.75, 3.05) is 4.72 Å². The molecule has 1 aromatic heterocycles. The number of hydrogen-bond donors (Lipinski definition) is 2. The number of aliphatic hydroxyl groups excluding tert-OH is 1. The molecule has 0 aliphatic rings. The third kappa shape index (κ3) is 2.90. The van der Waals surface area contributed by atoms with Crippen LogP contribution in [-0.4, -0.2) is 13.5 Å². The van der Waals surface area contributed by atoms with E-state index in [1.165, 1.54) is 11.3 Å². The maximum absolute atomic E-state index is 12.5. The van der Waals surface area contributed by atoms with Crippen LogP contribution in [-0.2, 0) is 16.6 Å². The van der Waals surface area contributed by atoms with Gasteiger partial charge in [-0.1, -0.05) is 12.1 Å². The Bertz CT molecular complexity index is 738. The van der Waals surface area contributed by atoms with E-state index >= 15 is 0 Å². The average Bonchev–Trinajstić information content (AvgIpc) is 2.77. The highest BCUT2D eigenvalue weighted by Gasteiger charge is 2.23. The molecule has 0 fully saturated rings. The Morgan fingerprint density at radius 1 is 1.30 bits per heavy atom. The molecule has 0 aliphatic heterocycles. The fourth-order valence-corrected chi connectivity index (χ4v) is 5.11. The zero-order valence-electron chi connectivity index (χ0n) is 11.0. The smallest absolute Gasteiger partial charge is 0.263 e. The van der Waals surface area contributed by atoms with E-state index in [1.807, 2.05) is 13.0 Å². The minimum atomic E-state index is -3.71. The standard InChI is InChI=1S/C13H14BrNO3S2/c1-8-4-3-5-10(12(8)14)15-20(17,18)13-9(2)7-19-11(13)6-16/h3-5,7,15-16H,6H2,1-2H3. The van der Waals surface area contributed by atoms with Gasteiger partial charge in [-0.3, -0.25) is 4.72 Å². The van der Waals surface area contributed by atoms with Crippen LogP contribution in [0.25, 0.3) is 0 Å². The molecule has 2 rings (SSSR count). The van der Waals surface area contributed by atoms with Crippen LogP contribution in [0, 0.1) is 13.8 Å². The maximum atomic E-state index is 12.5. The van der Waals surface area contributed by atoms with Crippen molar-refractivity contribution in [2.24, 2.45) is 0 Å². The number of nitrogens with one attached hydrogen (secondary N) is 1. The summed E-state index contributed by atoms with van der Waals surface area (Å²) in [6.07, 6.45) is 0. The summed E-state index contributed by atoms with van der Waals surface area (Å²) in [5, 5.41) is 11.0. The number of hydrogen-bond acceptors (Lipinski definition) is 4. The van der Waals surface area contributed by atoms with Crippen molar-refractivity contribution in [3.8, 4) is 0 Å². The second-order valence-electron chi connectivity index (χ2n) is 4.37. The molecule has 2 N–H and O–H groups in total. The monoisotopic (exact) mass is 375 g/mol. The van der Waals surface area contributed by atoms with Crippen molar-refractivity contribution in [2.45, 2.75) is 25.3 Å². The molecule has 0 atom stereocenters. The number of aryl methyl sites for hydroxylation is 2. The number of thiophene rings is 1. The zero-order chi connectivity index (χ0) is 14.9. The lowest BCUT2D eigenvalue weighted by molar-refractivity contribution is 0.282. The van der Waals surface area contributed by atoms with Gasteiger partial charge in [0.05, 0.1) is 17.2 Å². The Kier molecular flexibility index (Phi) is 4.53. The zero-order valence-corrected chi connectivity index (χ0v) is 14.2. The van der Waals surface area contributed by atoms with E-state index in [2.05, 4.69) is 20.7 Å². The minimum Gasteiger partial charge on any atom is -0.391 e. The minimum absolute atomic E-state index is 0.165. The topological polar surface area (TPSA) is 66.4 Å². The van der Waals surface area contributed by atoms with E-state index in [0.717, 1.165) is 5.56 Å². The lowest BCUT2D eigenvalue weighted by Gasteiger charge is -2.12. The molecule has 1 aromatic carbocycles. The SMILES string of the molecule is Cc1cccc(NS(=O)(=O)c2c(C)csc2CO)c1Br. The summed E-state index contributed by atoms with van der Waals surface area (Å²) in [5.74, 6) is 0. The van der Waals surface area contributed by atoms with Gasteiger partial charge in [-0.05, 0) is 52.4 Å². The molecule has 0 spiro atoms. The van der Waals surface area contributed by atoms with Crippen molar-refractivity contribution in [3.05, 3.63) is 44.1 Å². The number of halogens is 1. The molecule has 2 aromatic rings. The van der Waals surface area contributed by atoms with Gasteiger partial charge in [0.25, 0.3) is 10.0 Å². The van der Waals surface area contributed by atoms with E-state index in [1.54, 1.807) is 24.4 Å². The Balaban J connectivity index is 2.46. The van der Waals surface area contributed by atoms with Gasteiger partial charge in [-0.2, -0.15) is 0 Å². The van der Waals surface area contributed by atoms with Gasteiger partial charge in [0.15, 0.2) is 0 Å². The molecular formula is C13H14BrNO3S2. The summed E-state index contributed by atoms with van der Waals surface area (Å²) in [6, 6.07) is 5.36. The summed E-state index contributed by atoms with van der Waals surface area (Å²) < 4.78 is 28.3. The number of aliphatic hydroxyl groups is 1. The first-order valence-corrected chi connectivity index (χ1v) is 8.98. The number of anilines is 1. The third-order valence-corrected chi connectivity index (χ3v) is 6.70. The van der Waals surface area contributed by atoms with E-state index in [4.69, 9.17) is 0 Å². The van der Waals surface area contributed by atoms with Gasteiger partial charge in [-0.25, -0.2) is 8.42 Å². The summed E-state index contributed by atoms with van der Waals surface area (Å²) in [6.45, 7) is 3.32. The first-order valence-electron chi connectivity index (χ1n) is 5.82. The molecule has 108 valence electrons. The van der Waals surface area contributed by atoms with Crippen LogP contribution in [0.1, 0.15) is 16.0 Å². The van der Waals surface area contributed by atoms with Crippen LogP contribution in [0.5, 0.6) is 0 Å². The highest BCUT2D eigenvalue weighted by molar-refractivity contribution is 9.10. The number of benzene rings is 1. The van der Waals surface area contributed by atoms with Crippen LogP contribution in [0.4, 0.5) is 5.69 Å². The maximum Gasteiger partial charge on any atom is 0.263 e. The van der Waals surface area contributed by atoms with Crippen LogP contribution < -0.4 is 4.72 Å². The Morgan fingerprint density at radius 3 is 2.65 bits per heavy atom. The fourth-order valence-electron chi connectivity index (χ4n) is 1.88. The molecular weight excluding hydrogens is 362 g/mol. The highest BCUT2D eigenvalue weighted by atomic mass is 79.9. The first-order chi connectivity index (χ1) is 9.36. The Morgan fingerprint density at radius 2 is 2.00 bits per heavy atom. The van der Waals surface area contributed by atoms with Crippen molar-refractivity contribution in [1.29, 1.82) is 0 Å². The van der Waals surface area contributed by atoms with Gasteiger partial charge in [0.2, 0.25) is 0 Å². The van der Waals surface area contributed by atoms with Crippen LogP contribution >= 0.6 is 27.3 Å². The van der Waals surface area contributed by atoms with Gasteiger partial charge in [-0.15, -0.1) is 11.3 Å². The van der Waals surface area contributed by atoms with Gasteiger partial charge < -0.3 is 5.11 Å². The summed E-state index contributed by atoms with van der Waals surface area (Å²) >= 11 is 4.62. The normalized spacial score (nSPS) is 11.6. The molecule has 0 amide bonds. The summed E-state index contributed by atoms with van der Waals surface area (Å²) in [5.41, 5.74) is 2.06. The van der Waals surface area contributed by atoms with Crippen LogP contribution in [0.15, 0.2) is 32.9 Å². The fraction of sp³-hybridized carbons (Fsp3) is 0.231. The lowest BCUT2D eigenvalue weighted by atomic mass is 10.2. The van der Waals surface area contributed by atoms with Crippen LogP contribution in [0.2, 0.25) is 0 Å². The molecule has 0 saturated carbocycles. The van der Waals surface area contributed by atoms with Gasteiger partial charge >= 0.3 is 0 Å². The molecule has 20 heavy (non-hydrogen) atoms. The van der Waals surface area contributed by atoms with Crippen molar-refractivity contribution in [1.82, 2.24) is 0 Å². The lowest BCUT2D eigenvalue weighted by Crippen LogP contribution is -2.15. The molecule has 0 unspecified atom stereocenters. The number of rotatable bonds is 4.